The number of nitriles is 1. The Hall–Kier alpha value is -4.27. The zero-order valence-electron chi connectivity index (χ0n) is 18.0. The second kappa shape index (κ2) is 9.07. The lowest BCUT2D eigenvalue weighted by Crippen LogP contribution is -1.93. The van der Waals surface area contributed by atoms with Gasteiger partial charge in [-0.1, -0.05) is 78.4 Å². The smallest absolute Gasteiger partial charge is 0.134 e. The maximum atomic E-state index is 9.96. The molecule has 0 unspecified atom stereocenters. The normalized spacial score (nSPS) is 11.3. The van der Waals surface area contributed by atoms with Gasteiger partial charge >= 0.3 is 0 Å². The van der Waals surface area contributed by atoms with Gasteiger partial charge in [0.25, 0.3) is 0 Å². The molecule has 2 heterocycles. The molecule has 5 rings (SSSR count). The van der Waals surface area contributed by atoms with E-state index in [4.69, 9.17) is 10.1 Å². The first-order valence-electron chi connectivity index (χ1n) is 10.6. The molecule has 5 heteroatoms. The molecule has 0 bridgehead atoms. The number of nitrogens with zero attached hydrogens (tertiary/aromatic N) is 4. The molecule has 0 saturated carbocycles. The van der Waals surface area contributed by atoms with Crippen LogP contribution in [0, 0.1) is 18.3 Å². The lowest BCUT2D eigenvalue weighted by atomic mass is 10.1. The molecule has 2 aromatic heterocycles. The fourth-order valence-electron chi connectivity index (χ4n) is 3.58. The Kier molecular flexibility index (Phi) is 5.67. The molecule has 0 N–H and O–H groups in total. The van der Waals surface area contributed by atoms with Crippen molar-refractivity contribution in [2.75, 3.05) is 0 Å². The van der Waals surface area contributed by atoms with Gasteiger partial charge in [0.2, 0.25) is 0 Å². The zero-order valence-corrected chi connectivity index (χ0v) is 18.8. The van der Waals surface area contributed by atoms with E-state index < -0.39 is 0 Å². The van der Waals surface area contributed by atoms with Crippen molar-refractivity contribution in [3.05, 3.63) is 113 Å². The van der Waals surface area contributed by atoms with E-state index >= 15 is 0 Å². The molecular weight excluding hydrogens is 424 g/mol. The van der Waals surface area contributed by atoms with Crippen molar-refractivity contribution < 1.29 is 0 Å². The Bertz CT molecular complexity index is 1450. The lowest BCUT2D eigenvalue weighted by Gasteiger charge is -2.00. The van der Waals surface area contributed by atoms with Crippen LogP contribution in [-0.4, -0.2) is 14.8 Å². The van der Waals surface area contributed by atoms with Crippen LogP contribution in [0.15, 0.2) is 96.5 Å². The molecule has 0 saturated heterocycles. The third kappa shape index (κ3) is 4.38. The van der Waals surface area contributed by atoms with Crippen LogP contribution in [0.4, 0.5) is 0 Å². The maximum absolute atomic E-state index is 9.96. The summed E-state index contributed by atoms with van der Waals surface area (Å²) >= 11 is 1.48. The van der Waals surface area contributed by atoms with Gasteiger partial charge in [0.1, 0.15) is 11.1 Å². The number of hydrogen-bond acceptors (Lipinski definition) is 4. The van der Waals surface area contributed by atoms with Crippen LogP contribution in [0.3, 0.4) is 0 Å². The quantitative estimate of drug-likeness (QED) is 0.273. The minimum absolute atomic E-state index is 0.517. The van der Waals surface area contributed by atoms with Gasteiger partial charge < -0.3 is 0 Å². The van der Waals surface area contributed by atoms with E-state index in [0.29, 0.717) is 10.6 Å². The van der Waals surface area contributed by atoms with Crippen molar-refractivity contribution in [3.8, 4) is 34.3 Å². The fraction of sp³-hybridized carbons (Fsp3) is 0.0357. The molecule has 0 aliphatic carbocycles. The number of hydrogen-bond donors (Lipinski definition) is 0. The molecule has 0 amide bonds. The van der Waals surface area contributed by atoms with Crippen molar-refractivity contribution in [3.63, 3.8) is 0 Å². The van der Waals surface area contributed by atoms with Gasteiger partial charge in [-0.25, -0.2) is 9.67 Å². The average Bonchev–Trinajstić information content (AvgIpc) is 3.52. The highest BCUT2D eigenvalue weighted by molar-refractivity contribution is 7.11. The summed E-state index contributed by atoms with van der Waals surface area (Å²) in [6.07, 6.45) is 3.84. The summed E-state index contributed by atoms with van der Waals surface area (Å²) in [5.74, 6) is 0. The summed E-state index contributed by atoms with van der Waals surface area (Å²) in [4.78, 5) is 4.75. The summed E-state index contributed by atoms with van der Waals surface area (Å²) in [7, 11) is 0. The van der Waals surface area contributed by atoms with E-state index in [-0.39, 0.29) is 0 Å². The molecule has 3 aromatic carbocycles. The molecule has 33 heavy (non-hydrogen) atoms. The van der Waals surface area contributed by atoms with Crippen LogP contribution in [0.1, 0.15) is 16.1 Å². The summed E-state index contributed by atoms with van der Waals surface area (Å²) in [5.41, 5.74) is 7.29. The first-order valence-corrected chi connectivity index (χ1v) is 11.4. The van der Waals surface area contributed by atoms with E-state index in [1.807, 2.05) is 83.0 Å². The number of rotatable bonds is 5. The van der Waals surface area contributed by atoms with Gasteiger partial charge in [-0.3, -0.25) is 0 Å². The minimum atomic E-state index is 0.517. The molecular formula is C28H20N4S. The molecule has 0 spiro atoms. The van der Waals surface area contributed by atoms with E-state index in [2.05, 4.69) is 37.3 Å². The largest absolute Gasteiger partial charge is 0.240 e. The summed E-state index contributed by atoms with van der Waals surface area (Å²) in [6.45, 7) is 2.06. The Morgan fingerprint density at radius 3 is 2.30 bits per heavy atom. The van der Waals surface area contributed by atoms with Crippen molar-refractivity contribution in [2.45, 2.75) is 6.92 Å². The summed E-state index contributed by atoms with van der Waals surface area (Å²) in [5, 5.41) is 17.5. The van der Waals surface area contributed by atoms with E-state index in [1.54, 1.807) is 0 Å². The fourth-order valence-corrected chi connectivity index (χ4v) is 4.37. The standard InChI is InChI=1S/C28H20N4S/c1-20-12-14-21(15-13-20)26-19-33-28(30-26)23(17-29)16-24-18-32(25-10-6-3-7-11-25)31-27(24)22-8-4-2-5-9-22/h2-16,18-19H,1H3. The van der Waals surface area contributed by atoms with Crippen LogP contribution in [-0.2, 0) is 0 Å². The van der Waals surface area contributed by atoms with Gasteiger partial charge in [-0.2, -0.15) is 10.4 Å². The van der Waals surface area contributed by atoms with Gasteiger partial charge in [0, 0.05) is 28.3 Å². The Balaban J connectivity index is 1.58. The second-order valence-corrected chi connectivity index (χ2v) is 8.51. The number of thiazole rings is 1. The van der Waals surface area contributed by atoms with Crippen LogP contribution in [0.5, 0.6) is 0 Å². The van der Waals surface area contributed by atoms with Crippen LogP contribution in [0.2, 0.25) is 0 Å². The number of allylic oxidation sites excluding steroid dienone is 1. The van der Waals surface area contributed by atoms with Gasteiger partial charge in [0.15, 0.2) is 0 Å². The zero-order chi connectivity index (χ0) is 22.6. The number of aromatic nitrogens is 3. The average molecular weight is 445 g/mol. The van der Waals surface area contributed by atoms with Crippen LogP contribution >= 0.6 is 11.3 Å². The second-order valence-electron chi connectivity index (χ2n) is 7.65. The lowest BCUT2D eigenvalue weighted by molar-refractivity contribution is 0.884. The van der Waals surface area contributed by atoms with E-state index in [9.17, 15) is 5.26 Å². The van der Waals surface area contributed by atoms with E-state index in [0.717, 1.165) is 33.8 Å². The third-order valence-electron chi connectivity index (χ3n) is 5.31. The number of benzene rings is 3. The highest BCUT2D eigenvalue weighted by Gasteiger charge is 2.14. The molecule has 0 aliphatic heterocycles. The molecule has 158 valence electrons. The van der Waals surface area contributed by atoms with Crippen molar-refractivity contribution in [1.29, 1.82) is 5.26 Å². The summed E-state index contributed by atoms with van der Waals surface area (Å²) in [6, 6.07) is 30.6. The first kappa shape index (κ1) is 20.6. The van der Waals surface area contributed by atoms with Gasteiger partial charge in [-0.15, -0.1) is 11.3 Å². The Labute approximate surface area is 196 Å². The van der Waals surface area contributed by atoms with Gasteiger partial charge in [0.05, 0.1) is 22.6 Å². The molecule has 4 nitrogen and oxygen atoms in total. The third-order valence-corrected chi connectivity index (χ3v) is 6.19. The predicted molar refractivity (Wildman–Crippen MR) is 135 cm³/mol. The molecule has 0 aliphatic rings. The van der Waals surface area contributed by atoms with Crippen molar-refractivity contribution in [2.24, 2.45) is 0 Å². The maximum Gasteiger partial charge on any atom is 0.134 e. The predicted octanol–water partition coefficient (Wildman–Crippen LogP) is 7.04. The Morgan fingerprint density at radius 2 is 1.61 bits per heavy atom. The molecule has 5 aromatic rings. The highest BCUT2D eigenvalue weighted by atomic mass is 32.1. The number of aryl methyl sites for hydroxylation is 1. The monoisotopic (exact) mass is 444 g/mol. The number of para-hydroxylation sites is 1. The van der Waals surface area contributed by atoms with Crippen molar-refractivity contribution in [1.82, 2.24) is 14.8 Å². The first-order chi connectivity index (χ1) is 16.2. The van der Waals surface area contributed by atoms with Crippen molar-refractivity contribution >= 4 is 23.0 Å². The van der Waals surface area contributed by atoms with Crippen LogP contribution in [0.25, 0.3) is 39.9 Å². The van der Waals surface area contributed by atoms with Crippen LogP contribution < -0.4 is 0 Å². The SMILES string of the molecule is Cc1ccc(-c2csc(C(C#N)=Cc3cn(-c4ccccc4)nc3-c3ccccc3)n2)cc1. The summed E-state index contributed by atoms with van der Waals surface area (Å²) < 4.78 is 1.85. The highest BCUT2D eigenvalue weighted by Crippen LogP contribution is 2.30. The Morgan fingerprint density at radius 1 is 0.909 bits per heavy atom. The molecule has 0 radical (unpaired) electrons. The molecule has 0 atom stereocenters. The topological polar surface area (TPSA) is 54.5 Å². The minimum Gasteiger partial charge on any atom is -0.240 e. The van der Waals surface area contributed by atoms with Gasteiger partial charge in [-0.05, 0) is 25.1 Å². The molecule has 0 fully saturated rings. The van der Waals surface area contributed by atoms with E-state index in [1.165, 1.54) is 16.9 Å².